The molecule has 21 heavy (non-hydrogen) atoms. The first-order valence-corrected chi connectivity index (χ1v) is 6.41. The Hall–Kier alpha value is -2.75. The largest absolute Gasteiger partial charge is 0.508 e. The summed E-state index contributed by atoms with van der Waals surface area (Å²) in [5.74, 6) is 0.311. The zero-order chi connectivity index (χ0) is 15.4. The van der Waals surface area contributed by atoms with Crippen LogP contribution in [-0.4, -0.2) is 23.3 Å². The highest BCUT2D eigenvalue weighted by Gasteiger charge is 2.06. The predicted octanol–water partition coefficient (Wildman–Crippen LogP) is 3.80. The van der Waals surface area contributed by atoms with E-state index in [-0.39, 0.29) is 5.75 Å². The minimum atomic E-state index is -0.833. The number of methoxy groups -OCH3 is 1. The van der Waals surface area contributed by atoms with Crippen LogP contribution in [0.25, 0.3) is 21.5 Å². The Morgan fingerprint density at radius 2 is 1.71 bits per heavy atom. The van der Waals surface area contributed by atoms with Crippen molar-refractivity contribution >= 4 is 27.5 Å². The summed E-state index contributed by atoms with van der Waals surface area (Å²) in [6.45, 7) is 1.08. The highest BCUT2D eigenvalue weighted by atomic mass is 16.5. The van der Waals surface area contributed by atoms with E-state index in [1.54, 1.807) is 19.2 Å². The number of fused-ring (bicyclic) bond motifs is 3. The minimum absolute atomic E-state index is 0.284. The maximum absolute atomic E-state index is 9.50. The number of hydrogen-bond acceptors (Lipinski definition) is 3. The number of benzene rings is 3. The van der Waals surface area contributed by atoms with Crippen molar-refractivity contribution in [3.05, 3.63) is 48.5 Å². The van der Waals surface area contributed by atoms with Gasteiger partial charge in [-0.25, -0.2) is 0 Å². The van der Waals surface area contributed by atoms with E-state index >= 15 is 0 Å². The van der Waals surface area contributed by atoms with Crippen molar-refractivity contribution in [1.29, 1.82) is 0 Å². The zero-order valence-electron chi connectivity index (χ0n) is 11.8. The second-order valence-electron chi connectivity index (χ2n) is 4.55. The van der Waals surface area contributed by atoms with Crippen molar-refractivity contribution in [3.63, 3.8) is 0 Å². The third-order valence-electron chi connectivity index (χ3n) is 3.03. The fraction of sp³-hybridized carbons (Fsp3) is 0.118. The molecule has 0 aromatic heterocycles. The number of aliphatic carboxylic acids is 1. The van der Waals surface area contributed by atoms with Crippen LogP contribution < -0.4 is 4.74 Å². The SMILES string of the molecule is CC(=O)O.COc1cccc2ccc3cc(O)ccc3c12. The van der Waals surface area contributed by atoms with Crippen LogP contribution in [0.5, 0.6) is 11.5 Å². The number of ether oxygens (including phenoxy) is 1. The summed E-state index contributed by atoms with van der Waals surface area (Å²) in [5.41, 5.74) is 0. The lowest BCUT2D eigenvalue weighted by atomic mass is 10.0. The van der Waals surface area contributed by atoms with E-state index < -0.39 is 5.97 Å². The summed E-state index contributed by atoms with van der Waals surface area (Å²) < 4.78 is 5.40. The van der Waals surface area contributed by atoms with Crippen molar-refractivity contribution in [1.82, 2.24) is 0 Å². The highest BCUT2D eigenvalue weighted by molar-refractivity contribution is 6.10. The van der Waals surface area contributed by atoms with Gasteiger partial charge in [0.15, 0.2) is 0 Å². The minimum Gasteiger partial charge on any atom is -0.508 e. The molecule has 0 aliphatic heterocycles. The van der Waals surface area contributed by atoms with Crippen LogP contribution in [0.2, 0.25) is 0 Å². The summed E-state index contributed by atoms with van der Waals surface area (Å²) in [6, 6.07) is 15.4. The predicted molar refractivity (Wildman–Crippen MR) is 83.0 cm³/mol. The molecule has 0 spiro atoms. The normalized spacial score (nSPS) is 10.0. The molecule has 0 amide bonds. The lowest BCUT2D eigenvalue weighted by molar-refractivity contribution is -0.134. The smallest absolute Gasteiger partial charge is 0.300 e. The van der Waals surface area contributed by atoms with Gasteiger partial charge in [-0.2, -0.15) is 0 Å². The third kappa shape index (κ3) is 3.23. The Morgan fingerprint density at radius 3 is 2.38 bits per heavy atom. The van der Waals surface area contributed by atoms with Gasteiger partial charge < -0.3 is 14.9 Å². The van der Waals surface area contributed by atoms with Crippen LogP contribution in [0.1, 0.15) is 6.92 Å². The van der Waals surface area contributed by atoms with Crippen molar-refractivity contribution in [3.8, 4) is 11.5 Å². The maximum atomic E-state index is 9.50. The first-order chi connectivity index (χ1) is 10.0. The van der Waals surface area contributed by atoms with Crippen molar-refractivity contribution < 1.29 is 19.7 Å². The molecule has 2 N–H and O–H groups in total. The van der Waals surface area contributed by atoms with E-state index in [0.29, 0.717) is 0 Å². The van der Waals surface area contributed by atoms with Gasteiger partial charge >= 0.3 is 0 Å². The lowest BCUT2D eigenvalue weighted by Crippen LogP contribution is -1.85. The van der Waals surface area contributed by atoms with E-state index in [1.165, 1.54) is 0 Å². The summed E-state index contributed by atoms with van der Waals surface area (Å²) in [5, 5.41) is 21.3. The zero-order valence-corrected chi connectivity index (χ0v) is 11.8. The highest BCUT2D eigenvalue weighted by Crippen LogP contribution is 2.33. The van der Waals surface area contributed by atoms with Gasteiger partial charge in [-0.1, -0.05) is 24.3 Å². The molecule has 4 nitrogen and oxygen atoms in total. The number of hydrogen-bond donors (Lipinski definition) is 2. The van der Waals surface area contributed by atoms with E-state index in [2.05, 4.69) is 6.07 Å². The van der Waals surface area contributed by atoms with Crippen LogP contribution >= 0.6 is 0 Å². The van der Waals surface area contributed by atoms with Crippen LogP contribution in [0.3, 0.4) is 0 Å². The summed E-state index contributed by atoms with van der Waals surface area (Å²) in [6.07, 6.45) is 0. The number of phenols is 1. The second kappa shape index (κ2) is 6.13. The van der Waals surface area contributed by atoms with Gasteiger partial charge in [0.25, 0.3) is 5.97 Å². The Balaban J connectivity index is 0.000000361. The van der Waals surface area contributed by atoms with Crippen LogP contribution in [0.15, 0.2) is 48.5 Å². The van der Waals surface area contributed by atoms with Crippen molar-refractivity contribution in [2.75, 3.05) is 7.11 Å². The second-order valence-corrected chi connectivity index (χ2v) is 4.55. The molecule has 0 unspecified atom stereocenters. The van der Waals surface area contributed by atoms with Gasteiger partial charge in [-0.3, -0.25) is 4.79 Å². The molecule has 0 aliphatic carbocycles. The number of carboxylic acid groups (broad SMARTS) is 1. The molecule has 0 saturated heterocycles. The molecule has 0 aliphatic rings. The van der Waals surface area contributed by atoms with Gasteiger partial charge in [-0.05, 0) is 40.4 Å². The standard InChI is InChI=1S/C15H12O2.C2H4O2/c1-17-14-4-2-3-10-5-6-11-9-12(16)7-8-13(11)15(10)14;1-2(3)4/h2-9,16H,1H3;1H3,(H,3,4). The Kier molecular flexibility index (Phi) is 4.28. The molecule has 0 saturated carbocycles. The average molecular weight is 284 g/mol. The third-order valence-corrected chi connectivity index (χ3v) is 3.03. The van der Waals surface area contributed by atoms with E-state index in [9.17, 15) is 5.11 Å². The Morgan fingerprint density at radius 1 is 1.05 bits per heavy atom. The first-order valence-electron chi connectivity index (χ1n) is 6.41. The molecule has 3 aromatic rings. The molecule has 0 fully saturated rings. The van der Waals surface area contributed by atoms with Gasteiger partial charge in [0.2, 0.25) is 0 Å². The quantitative estimate of drug-likeness (QED) is 0.667. The van der Waals surface area contributed by atoms with E-state index in [0.717, 1.165) is 34.2 Å². The van der Waals surface area contributed by atoms with E-state index in [4.69, 9.17) is 14.6 Å². The van der Waals surface area contributed by atoms with E-state index in [1.807, 2.05) is 30.3 Å². The van der Waals surface area contributed by atoms with Crippen LogP contribution in [-0.2, 0) is 4.79 Å². The summed E-state index contributed by atoms with van der Waals surface area (Å²) >= 11 is 0. The van der Waals surface area contributed by atoms with Crippen molar-refractivity contribution in [2.45, 2.75) is 6.92 Å². The number of rotatable bonds is 1. The number of carbonyl (C=O) groups is 1. The monoisotopic (exact) mass is 284 g/mol. The molecule has 0 bridgehead atoms. The molecular weight excluding hydrogens is 268 g/mol. The molecule has 108 valence electrons. The van der Waals surface area contributed by atoms with Crippen molar-refractivity contribution in [2.24, 2.45) is 0 Å². The number of aromatic hydroxyl groups is 1. The van der Waals surface area contributed by atoms with Gasteiger partial charge in [-0.15, -0.1) is 0 Å². The topological polar surface area (TPSA) is 66.8 Å². The molecule has 0 atom stereocenters. The maximum Gasteiger partial charge on any atom is 0.300 e. The molecule has 0 radical (unpaired) electrons. The molecule has 0 heterocycles. The first kappa shape index (κ1) is 14.7. The van der Waals surface area contributed by atoms with Gasteiger partial charge in [0.05, 0.1) is 7.11 Å². The molecule has 3 aromatic carbocycles. The van der Waals surface area contributed by atoms with Gasteiger partial charge in [0.1, 0.15) is 11.5 Å². The lowest BCUT2D eigenvalue weighted by Gasteiger charge is -2.08. The summed E-state index contributed by atoms with van der Waals surface area (Å²) in [4.78, 5) is 9.00. The summed E-state index contributed by atoms with van der Waals surface area (Å²) in [7, 11) is 1.67. The number of phenolic OH excluding ortho intramolecular Hbond substituents is 1. The Bertz CT molecular complexity index is 789. The Labute approximate surface area is 122 Å². The molecule has 4 heteroatoms. The fourth-order valence-corrected chi connectivity index (χ4v) is 2.24. The number of carboxylic acids is 1. The molecular formula is C17H16O4. The fourth-order valence-electron chi connectivity index (χ4n) is 2.24. The average Bonchev–Trinajstić information content (AvgIpc) is 2.45. The van der Waals surface area contributed by atoms with Gasteiger partial charge in [0, 0.05) is 12.3 Å². The van der Waals surface area contributed by atoms with Crippen LogP contribution in [0, 0.1) is 0 Å². The molecule has 3 rings (SSSR count). The van der Waals surface area contributed by atoms with Crippen LogP contribution in [0.4, 0.5) is 0 Å².